The number of carbonyl (C=O) groups is 1. The van der Waals surface area contributed by atoms with Crippen molar-refractivity contribution < 1.29 is 9.21 Å². The number of hydrogen-bond acceptors (Lipinski definition) is 3. The van der Waals surface area contributed by atoms with Crippen LogP contribution >= 0.6 is 0 Å². The molecule has 16 heavy (non-hydrogen) atoms. The summed E-state index contributed by atoms with van der Waals surface area (Å²) >= 11 is 0. The average molecular weight is 222 g/mol. The molecule has 2 N–H and O–H groups in total. The molecule has 0 atom stereocenters. The molecule has 0 saturated heterocycles. The fraction of sp³-hybridized carbons (Fsp3) is 0.417. The molecule has 0 aromatic carbocycles. The molecule has 0 saturated carbocycles. The Kier molecular flexibility index (Phi) is 4.31. The van der Waals surface area contributed by atoms with Gasteiger partial charge >= 0.3 is 0 Å². The number of nitrogens with two attached hydrogens (primary N) is 1. The molecule has 1 aromatic rings. The van der Waals surface area contributed by atoms with E-state index in [1.54, 1.807) is 23.1 Å². The molecule has 1 rings (SSSR count). The summed E-state index contributed by atoms with van der Waals surface area (Å²) in [5.74, 6) is 0.816. The highest BCUT2D eigenvalue weighted by atomic mass is 16.4. The number of amides is 1. The Morgan fingerprint density at radius 3 is 2.75 bits per heavy atom. The first-order chi connectivity index (χ1) is 7.60. The normalized spacial score (nSPS) is 10.5. The lowest BCUT2D eigenvalue weighted by Gasteiger charge is -2.24. The second kappa shape index (κ2) is 5.51. The number of furan rings is 1. The lowest BCUT2D eigenvalue weighted by Crippen LogP contribution is -2.36. The van der Waals surface area contributed by atoms with Crippen LogP contribution in [0.4, 0.5) is 0 Å². The van der Waals surface area contributed by atoms with E-state index in [2.05, 4.69) is 6.58 Å². The van der Waals surface area contributed by atoms with E-state index in [0.717, 1.165) is 0 Å². The van der Waals surface area contributed by atoms with Crippen molar-refractivity contribution in [3.63, 3.8) is 0 Å². The monoisotopic (exact) mass is 222 g/mol. The van der Waals surface area contributed by atoms with Gasteiger partial charge in [0.05, 0.1) is 6.54 Å². The fourth-order valence-corrected chi connectivity index (χ4v) is 1.41. The third kappa shape index (κ3) is 2.73. The lowest BCUT2D eigenvalue weighted by molar-refractivity contribution is 0.0694. The second-order valence-electron chi connectivity index (χ2n) is 3.81. The Morgan fingerprint density at radius 2 is 2.31 bits per heavy atom. The van der Waals surface area contributed by atoms with Gasteiger partial charge in [0, 0.05) is 12.6 Å². The van der Waals surface area contributed by atoms with E-state index in [-0.39, 0.29) is 11.9 Å². The van der Waals surface area contributed by atoms with Crippen molar-refractivity contribution in [2.45, 2.75) is 26.4 Å². The van der Waals surface area contributed by atoms with Crippen molar-refractivity contribution in [1.29, 1.82) is 0 Å². The predicted molar refractivity (Wildman–Crippen MR) is 63.0 cm³/mol. The molecule has 0 unspecified atom stereocenters. The molecular formula is C12H18N2O2. The Balaban J connectivity index is 2.85. The van der Waals surface area contributed by atoms with Crippen LogP contribution in [0.15, 0.2) is 29.2 Å². The number of nitrogens with zero attached hydrogens (tertiary/aromatic N) is 1. The first-order valence-corrected chi connectivity index (χ1v) is 5.30. The van der Waals surface area contributed by atoms with Crippen molar-refractivity contribution in [3.05, 3.63) is 36.3 Å². The zero-order chi connectivity index (χ0) is 12.1. The number of rotatable bonds is 5. The van der Waals surface area contributed by atoms with E-state index >= 15 is 0 Å². The van der Waals surface area contributed by atoms with Crippen molar-refractivity contribution >= 4 is 5.91 Å². The zero-order valence-corrected chi connectivity index (χ0v) is 9.77. The molecule has 0 aliphatic heterocycles. The third-order valence-electron chi connectivity index (χ3n) is 2.28. The molecule has 0 radical (unpaired) electrons. The largest absolute Gasteiger partial charge is 0.455 e. The molecule has 0 spiro atoms. The summed E-state index contributed by atoms with van der Waals surface area (Å²) in [6.45, 7) is 8.35. The summed E-state index contributed by atoms with van der Waals surface area (Å²) in [6, 6.07) is 3.49. The minimum atomic E-state index is -0.130. The molecule has 1 aromatic heterocycles. The molecule has 0 aliphatic rings. The van der Waals surface area contributed by atoms with Crippen LogP contribution in [0.1, 0.15) is 30.2 Å². The van der Waals surface area contributed by atoms with Gasteiger partial charge in [-0.3, -0.25) is 4.79 Å². The van der Waals surface area contributed by atoms with Gasteiger partial charge in [-0.05, 0) is 26.0 Å². The van der Waals surface area contributed by atoms with Gasteiger partial charge in [0.25, 0.3) is 5.91 Å². The number of carbonyl (C=O) groups excluding carboxylic acids is 1. The topological polar surface area (TPSA) is 59.5 Å². The molecule has 4 heteroatoms. The quantitative estimate of drug-likeness (QED) is 0.772. The highest BCUT2D eigenvalue weighted by Gasteiger charge is 2.20. The maximum Gasteiger partial charge on any atom is 0.290 e. The van der Waals surface area contributed by atoms with E-state index < -0.39 is 0 Å². The molecule has 88 valence electrons. The smallest absolute Gasteiger partial charge is 0.290 e. The van der Waals surface area contributed by atoms with Crippen molar-refractivity contribution in [3.8, 4) is 0 Å². The van der Waals surface area contributed by atoms with Gasteiger partial charge in [-0.15, -0.1) is 6.58 Å². The van der Waals surface area contributed by atoms with Crippen LogP contribution in [0.5, 0.6) is 0 Å². The van der Waals surface area contributed by atoms with Crippen molar-refractivity contribution in [2.24, 2.45) is 5.73 Å². The van der Waals surface area contributed by atoms with Crippen LogP contribution in [0, 0.1) is 0 Å². The third-order valence-corrected chi connectivity index (χ3v) is 2.28. The Labute approximate surface area is 95.7 Å². The highest BCUT2D eigenvalue weighted by molar-refractivity contribution is 5.91. The first-order valence-electron chi connectivity index (χ1n) is 5.30. The Morgan fingerprint density at radius 1 is 1.62 bits per heavy atom. The van der Waals surface area contributed by atoms with Gasteiger partial charge < -0.3 is 15.1 Å². The van der Waals surface area contributed by atoms with Crippen molar-refractivity contribution in [1.82, 2.24) is 4.90 Å². The molecule has 1 heterocycles. The van der Waals surface area contributed by atoms with Gasteiger partial charge in [0.2, 0.25) is 0 Å². The summed E-state index contributed by atoms with van der Waals surface area (Å²) in [7, 11) is 0. The fourth-order valence-electron chi connectivity index (χ4n) is 1.41. The Hall–Kier alpha value is -1.55. The van der Waals surface area contributed by atoms with Crippen LogP contribution in [0.2, 0.25) is 0 Å². The molecule has 0 aliphatic carbocycles. The second-order valence-corrected chi connectivity index (χ2v) is 3.81. The summed E-state index contributed by atoms with van der Waals surface area (Å²) in [5, 5.41) is 0. The summed E-state index contributed by atoms with van der Waals surface area (Å²) in [6.07, 6.45) is 1.70. The van der Waals surface area contributed by atoms with Gasteiger partial charge in [0.1, 0.15) is 5.76 Å². The molecule has 4 nitrogen and oxygen atoms in total. The predicted octanol–water partition coefficient (Wildman–Crippen LogP) is 1.77. The summed E-state index contributed by atoms with van der Waals surface area (Å²) in [4.78, 5) is 13.7. The SMILES string of the molecule is C=CCN(C(=O)c1ccc(CN)o1)C(C)C. The van der Waals surface area contributed by atoms with E-state index in [1.807, 2.05) is 13.8 Å². The van der Waals surface area contributed by atoms with Crippen LogP contribution < -0.4 is 5.73 Å². The van der Waals surface area contributed by atoms with E-state index in [0.29, 0.717) is 24.6 Å². The minimum absolute atomic E-state index is 0.108. The van der Waals surface area contributed by atoms with Crippen LogP contribution in [-0.4, -0.2) is 23.4 Å². The average Bonchev–Trinajstić information content (AvgIpc) is 2.73. The lowest BCUT2D eigenvalue weighted by atomic mass is 10.2. The maximum atomic E-state index is 12.0. The van der Waals surface area contributed by atoms with Crippen LogP contribution in [-0.2, 0) is 6.54 Å². The standard InChI is InChI=1S/C12H18N2O2/c1-4-7-14(9(2)3)12(15)11-6-5-10(8-13)16-11/h4-6,9H,1,7-8,13H2,2-3H3. The van der Waals surface area contributed by atoms with Gasteiger partial charge in [0.15, 0.2) is 5.76 Å². The minimum Gasteiger partial charge on any atom is -0.455 e. The first kappa shape index (κ1) is 12.5. The van der Waals surface area contributed by atoms with Gasteiger partial charge in [-0.25, -0.2) is 0 Å². The van der Waals surface area contributed by atoms with Crippen LogP contribution in [0.25, 0.3) is 0 Å². The summed E-state index contributed by atoms with van der Waals surface area (Å²) < 4.78 is 5.32. The van der Waals surface area contributed by atoms with Gasteiger partial charge in [-0.2, -0.15) is 0 Å². The van der Waals surface area contributed by atoms with E-state index in [1.165, 1.54) is 0 Å². The van der Waals surface area contributed by atoms with E-state index in [9.17, 15) is 4.79 Å². The Bertz CT molecular complexity index is 369. The van der Waals surface area contributed by atoms with Crippen molar-refractivity contribution in [2.75, 3.05) is 6.54 Å². The molecule has 1 amide bonds. The molecular weight excluding hydrogens is 204 g/mol. The molecule has 0 bridgehead atoms. The van der Waals surface area contributed by atoms with E-state index in [4.69, 9.17) is 10.2 Å². The molecule has 0 fully saturated rings. The highest BCUT2D eigenvalue weighted by Crippen LogP contribution is 2.12. The van der Waals surface area contributed by atoms with Crippen LogP contribution in [0.3, 0.4) is 0 Å². The zero-order valence-electron chi connectivity index (χ0n) is 9.77. The van der Waals surface area contributed by atoms with Gasteiger partial charge in [-0.1, -0.05) is 6.08 Å². The summed E-state index contributed by atoms with van der Waals surface area (Å²) in [5.41, 5.74) is 5.42. The number of hydrogen-bond donors (Lipinski definition) is 1. The maximum absolute atomic E-state index is 12.0.